The molecule has 1 amide bonds. The van der Waals surface area contributed by atoms with E-state index in [0.717, 1.165) is 36.6 Å². The zero-order chi connectivity index (χ0) is 16.1. The lowest BCUT2D eigenvalue weighted by atomic mass is 10.2. The summed E-state index contributed by atoms with van der Waals surface area (Å²) in [6.07, 6.45) is 3.80. The Kier molecular flexibility index (Phi) is 5.28. The van der Waals surface area contributed by atoms with Crippen LogP contribution < -0.4 is 4.74 Å². The maximum Gasteiger partial charge on any atom is 0.255 e. The van der Waals surface area contributed by atoms with Crippen LogP contribution in [0.3, 0.4) is 0 Å². The monoisotopic (exact) mass is 331 g/mol. The number of unbranched alkanes of at least 4 members (excludes halogenated alkanes) is 1. The van der Waals surface area contributed by atoms with Crippen LogP contribution in [0, 0.1) is 0 Å². The third-order valence-corrected chi connectivity index (χ3v) is 5.03. The standard InChI is InChI=1S/C18H21NO3S/c1-2-3-11-21-15-8-6-14(7-9-15)17(20)19-10-13-23-18(19)16-5-4-12-22-16/h4-9,12,18H,2-3,10-11,13H2,1H3. The number of ether oxygens (including phenoxy) is 1. The van der Waals surface area contributed by atoms with Crippen molar-refractivity contribution in [2.24, 2.45) is 0 Å². The van der Waals surface area contributed by atoms with Crippen LogP contribution in [0.25, 0.3) is 0 Å². The van der Waals surface area contributed by atoms with Gasteiger partial charge in [0.15, 0.2) is 0 Å². The molecule has 122 valence electrons. The van der Waals surface area contributed by atoms with Gasteiger partial charge in [-0.05, 0) is 42.8 Å². The molecule has 0 radical (unpaired) electrons. The second kappa shape index (κ2) is 7.59. The molecule has 1 fully saturated rings. The summed E-state index contributed by atoms with van der Waals surface area (Å²) < 4.78 is 11.1. The van der Waals surface area contributed by atoms with Crippen molar-refractivity contribution in [2.45, 2.75) is 25.1 Å². The number of thioether (sulfide) groups is 1. The van der Waals surface area contributed by atoms with Crippen LogP contribution >= 0.6 is 11.8 Å². The van der Waals surface area contributed by atoms with Crippen molar-refractivity contribution in [3.05, 3.63) is 54.0 Å². The molecule has 1 aliphatic rings. The van der Waals surface area contributed by atoms with E-state index in [0.29, 0.717) is 12.2 Å². The van der Waals surface area contributed by atoms with Crippen LogP contribution in [0.4, 0.5) is 0 Å². The first-order chi connectivity index (χ1) is 11.3. The van der Waals surface area contributed by atoms with Crippen LogP contribution in [-0.2, 0) is 0 Å². The minimum Gasteiger partial charge on any atom is -0.494 e. The second-order valence-electron chi connectivity index (χ2n) is 5.46. The summed E-state index contributed by atoms with van der Waals surface area (Å²) in [5.41, 5.74) is 0.687. The number of furan rings is 1. The number of amides is 1. The molecule has 1 unspecified atom stereocenters. The van der Waals surface area contributed by atoms with Crippen LogP contribution in [0.2, 0.25) is 0 Å². The Bertz CT molecular complexity index is 624. The Labute approximate surface area is 140 Å². The van der Waals surface area contributed by atoms with Crippen molar-refractivity contribution < 1.29 is 13.9 Å². The number of rotatable bonds is 6. The van der Waals surface area contributed by atoms with E-state index in [9.17, 15) is 4.79 Å². The molecule has 5 heteroatoms. The molecule has 23 heavy (non-hydrogen) atoms. The van der Waals surface area contributed by atoms with Gasteiger partial charge in [0.1, 0.15) is 16.9 Å². The van der Waals surface area contributed by atoms with E-state index in [4.69, 9.17) is 9.15 Å². The van der Waals surface area contributed by atoms with Gasteiger partial charge in [0.05, 0.1) is 12.9 Å². The lowest BCUT2D eigenvalue weighted by molar-refractivity contribution is 0.0749. The quantitative estimate of drug-likeness (QED) is 0.738. The smallest absolute Gasteiger partial charge is 0.255 e. The molecule has 0 aliphatic carbocycles. The summed E-state index contributed by atoms with van der Waals surface area (Å²) in [4.78, 5) is 14.6. The fourth-order valence-corrected chi connectivity index (χ4v) is 3.74. The highest BCUT2D eigenvalue weighted by Crippen LogP contribution is 2.38. The van der Waals surface area contributed by atoms with Gasteiger partial charge in [0, 0.05) is 17.9 Å². The molecule has 3 rings (SSSR count). The minimum absolute atomic E-state index is 0.0296. The Hall–Kier alpha value is -1.88. The zero-order valence-electron chi connectivity index (χ0n) is 13.2. The van der Waals surface area contributed by atoms with E-state index in [1.54, 1.807) is 18.0 Å². The molecule has 1 atom stereocenters. The van der Waals surface area contributed by atoms with Gasteiger partial charge in [-0.15, -0.1) is 11.8 Å². The average molecular weight is 331 g/mol. The highest BCUT2D eigenvalue weighted by atomic mass is 32.2. The van der Waals surface area contributed by atoms with E-state index in [1.165, 1.54) is 0 Å². The van der Waals surface area contributed by atoms with Crippen LogP contribution in [0.15, 0.2) is 47.1 Å². The van der Waals surface area contributed by atoms with Crippen LogP contribution in [0.5, 0.6) is 5.75 Å². The molecule has 1 aliphatic heterocycles. The van der Waals surface area contributed by atoms with Crippen molar-refractivity contribution in [1.82, 2.24) is 4.90 Å². The first-order valence-electron chi connectivity index (χ1n) is 7.98. The summed E-state index contributed by atoms with van der Waals surface area (Å²) in [7, 11) is 0. The lowest BCUT2D eigenvalue weighted by Crippen LogP contribution is -2.30. The second-order valence-corrected chi connectivity index (χ2v) is 6.65. The van der Waals surface area contributed by atoms with E-state index in [2.05, 4.69) is 6.92 Å². The summed E-state index contributed by atoms with van der Waals surface area (Å²) in [6.45, 7) is 3.59. The number of benzene rings is 1. The van der Waals surface area contributed by atoms with Gasteiger partial charge in [-0.1, -0.05) is 13.3 Å². The van der Waals surface area contributed by atoms with Gasteiger partial charge in [-0.2, -0.15) is 0 Å². The summed E-state index contributed by atoms with van der Waals surface area (Å²) in [6, 6.07) is 11.2. The van der Waals surface area contributed by atoms with Gasteiger partial charge < -0.3 is 14.1 Å². The third kappa shape index (κ3) is 3.72. The van der Waals surface area contributed by atoms with Crippen molar-refractivity contribution in [2.75, 3.05) is 18.9 Å². The molecule has 2 aromatic rings. The van der Waals surface area contributed by atoms with Crippen molar-refractivity contribution in [3.63, 3.8) is 0 Å². The van der Waals surface area contributed by atoms with Crippen molar-refractivity contribution >= 4 is 17.7 Å². The molecule has 0 bridgehead atoms. The number of carbonyl (C=O) groups is 1. The van der Waals surface area contributed by atoms with E-state index in [-0.39, 0.29) is 11.3 Å². The largest absolute Gasteiger partial charge is 0.494 e. The highest BCUT2D eigenvalue weighted by Gasteiger charge is 2.32. The van der Waals surface area contributed by atoms with E-state index < -0.39 is 0 Å². The van der Waals surface area contributed by atoms with Crippen molar-refractivity contribution in [3.8, 4) is 5.75 Å². The lowest BCUT2D eigenvalue weighted by Gasteiger charge is -2.22. The average Bonchev–Trinajstić information content (AvgIpc) is 3.26. The minimum atomic E-state index is -0.0296. The highest BCUT2D eigenvalue weighted by molar-refractivity contribution is 7.99. The normalized spacial score (nSPS) is 17.4. The van der Waals surface area contributed by atoms with Gasteiger partial charge in [-0.25, -0.2) is 0 Å². The SMILES string of the molecule is CCCCOc1ccc(C(=O)N2CCSC2c2ccco2)cc1. The van der Waals surface area contributed by atoms with E-state index in [1.807, 2.05) is 41.3 Å². The zero-order valence-corrected chi connectivity index (χ0v) is 14.1. The molecule has 1 aromatic heterocycles. The fraction of sp³-hybridized carbons (Fsp3) is 0.389. The summed E-state index contributed by atoms with van der Waals surface area (Å²) in [5.74, 6) is 2.61. The van der Waals surface area contributed by atoms with Gasteiger partial charge in [0.25, 0.3) is 5.91 Å². The Balaban J connectivity index is 1.67. The molecule has 1 aromatic carbocycles. The van der Waals surface area contributed by atoms with Gasteiger partial charge >= 0.3 is 0 Å². The molecule has 0 saturated carbocycles. The Morgan fingerprint density at radius 3 is 2.87 bits per heavy atom. The number of hydrogen-bond acceptors (Lipinski definition) is 4. The molecule has 0 spiro atoms. The van der Waals surface area contributed by atoms with Crippen LogP contribution in [0.1, 0.15) is 41.3 Å². The molecule has 4 nitrogen and oxygen atoms in total. The topological polar surface area (TPSA) is 42.7 Å². The summed E-state index contributed by atoms with van der Waals surface area (Å²) >= 11 is 1.73. The molecular weight excluding hydrogens is 310 g/mol. The summed E-state index contributed by atoms with van der Waals surface area (Å²) in [5, 5.41) is -0.0296. The third-order valence-electron chi connectivity index (χ3n) is 3.81. The first-order valence-corrected chi connectivity index (χ1v) is 9.03. The van der Waals surface area contributed by atoms with Gasteiger partial charge in [-0.3, -0.25) is 4.79 Å². The van der Waals surface area contributed by atoms with Crippen molar-refractivity contribution in [1.29, 1.82) is 0 Å². The molecular formula is C18H21NO3S. The fourth-order valence-electron chi connectivity index (χ4n) is 2.54. The predicted molar refractivity (Wildman–Crippen MR) is 91.8 cm³/mol. The number of hydrogen-bond donors (Lipinski definition) is 0. The number of carbonyl (C=O) groups excluding carboxylic acids is 1. The maximum absolute atomic E-state index is 12.8. The number of nitrogens with zero attached hydrogens (tertiary/aromatic N) is 1. The Morgan fingerprint density at radius 1 is 1.35 bits per heavy atom. The first kappa shape index (κ1) is 16.0. The van der Waals surface area contributed by atoms with Gasteiger partial charge in [0.2, 0.25) is 0 Å². The molecule has 2 heterocycles. The molecule has 1 saturated heterocycles. The predicted octanol–water partition coefficient (Wildman–Crippen LogP) is 4.35. The molecule has 0 N–H and O–H groups in total. The van der Waals surface area contributed by atoms with E-state index >= 15 is 0 Å². The maximum atomic E-state index is 12.8. The Morgan fingerprint density at radius 2 is 2.17 bits per heavy atom. The van der Waals surface area contributed by atoms with Crippen LogP contribution in [-0.4, -0.2) is 29.7 Å².